The standard InChI is InChI=1S/C14H21NO2/c1-10(11-8-6-5-7-9-11)12(15)13(16)17-14(2,3)4/h5-10,12H,15H2,1-4H3. The Morgan fingerprint density at radius 2 is 1.76 bits per heavy atom. The normalized spacial score (nSPS) is 15.1. The molecule has 2 N–H and O–H groups in total. The lowest BCUT2D eigenvalue weighted by Gasteiger charge is -2.25. The molecule has 0 heterocycles. The Kier molecular flexibility index (Phi) is 4.29. The van der Waals surface area contributed by atoms with Crippen molar-refractivity contribution >= 4 is 5.97 Å². The number of nitrogens with two attached hydrogens (primary N) is 1. The molecule has 0 saturated heterocycles. The van der Waals surface area contributed by atoms with Gasteiger partial charge in [0.25, 0.3) is 0 Å². The maximum Gasteiger partial charge on any atom is 0.324 e. The highest BCUT2D eigenvalue weighted by Crippen LogP contribution is 2.20. The summed E-state index contributed by atoms with van der Waals surface area (Å²) in [6.07, 6.45) is 0. The van der Waals surface area contributed by atoms with E-state index in [0.29, 0.717) is 0 Å². The van der Waals surface area contributed by atoms with E-state index in [1.54, 1.807) is 0 Å². The van der Waals surface area contributed by atoms with Crippen LogP contribution in [0.4, 0.5) is 0 Å². The quantitative estimate of drug-likeness (QED) is 0.819. The van der Waals surface area contributed by atoms with E-state index >= 15 is 0 Å². The number of hydrogen-bond donors (Lipinski definition) is 1. The Balaban J connectivity index is 2.70. The molecule has 0 aromatic heterocycles. The van der Waals surface area contributed by atoms with Gasteiger partial charge in [0.05, 0.1) is 0 Å². The van der Waals surface area contributed by atoms with Crippen molar-refractivity contribution in [2.75, 3.05) is 0 Å². The van der Waals surface area contributed by atoms with E-state index < -0.39 is 11.6 Å². The summed E-state index contributed by atoms with van der Waals surface area (Å²) in [4.78, 5) is 11.8. The van der Waals surface area contributed by atoms with Crippen molar-refractivity contribution in [3.05, 3.63) is 35.9 Å². The maximum absolute atomic E-state index is 11.8. The molecule has 2 unspecified atom stereocenters. The molecule has 1 rings (SSSR count). The Hall–Kier alpha value is -1.35. The Morgan fingerprint density at radius 1 is 1.24 bits per heavy atom. The monoisotopic (exact) mass is 235 g/mol. The second-order valence-corrected chi connectivity index (χ2v) is 5.26. The first-order valence-electron chi connectivity index (χ1n) is 5.84. The van der Waals surface area contributed by atoms with Gasteiger partial charge in [0.1, 0.15) is 11.6 Å². The molecule has 0 bridgehead atoms. The number of esters is 1. The van der Waals surface area contributed by atoms with Gasteiger partial charge in [-0.25, -0.2) is 0 Å². The summed E-state index contributed by atoms with van der Waals surface area (Å²) >= 11 is 0. The van der Waals surface area contributed by atoms with Gasteiger partial charge in [-0.2, -0.15) is 0 Å². The Labute approximate surface area is 103 Å². The smallest absolute Gasteiger partial charge is 0.324 e. The van der Waals surface area contributed by atoms with E-state index in [1.807, 2.05) is 58.0 Å². The van der Waals surface area contributed by atoms with Gasteiger partial charge in [-0.15, -0.1) is 0 Å². The average molecular weight is 235 g/mol. The molecule has 0 fully saturated rings. The summed E-state index contributed by atoms with van der Waals surface area (Å²) in [5.41, 5.74) is 6.48. The molecule has 0 radical (unpaired) electrons. The molecule has 0 aliphatic rings. The minimum atomic E-state index is -0.628. The largest absolute Gasteiger partial charge is 0.459 e. The second-order valence-electron chi connectivity index (χ2n) is 5.26. The van der Waals surface area contributed by atoms with Gasteiger partial charge in [0.2, 0.25) is 0 Å². The van der Waals surface area contributed by atoms with Gasteiger partial charge in [-0.1, -0.05) is 37.3 Å². The van der Waals surface area contributed by atoms with Crippen molar-refractivity contribution < 1.29 is 9.53 Å². The van der Waals surface area contributed by atoms with E-state index in [9.17, 15) is 4.79 Å². The van der Waals surface area contributed by atoms with Crippen LogP contribution in [0.3, 0.4) is 0 Å². The number of carbonyl (C=O) groups is 1. The zero-order chi connectivity index (χ0) is 13.1. The number of ether oxygens (including phenoxy) is 1. The van der Waals surface area contributed by atoms with Crippen LogP contribution in [0.1, 0.15) is 39.2 Å². The fourth-order valence-corrected chi connectivity index (χ4v) is 1.54. The molecular formula is C14H21NO2. The Bertz CT molecular complexity index is 368. The van der Waals surface area contributed by atoms with E-state index in [-0.39, 0.29) is 11.9 Å². The molecule has 0 saturated carbocycles. The number of hydrogen-bond acceptors (Lipinski definition) is 3. The molecule has 3 nitrogen and oxygen atoms in total. The van der Waals surface area contributed by atoms with Crippen molar-refractivity contribution in [2.24, 2.45) is 5.73 Å². The van der Waals surface area contributed by atoms with Crippen LogP contribution >= 0.6 is 0 Å². The number of rotatable bonds is 3. The predicted octanol–water partition coefficient (Wildman–Crippen LogP) is 2.46. The van der Waals surface area contributed by atoms with Crippen LogP contribution in [0.15, 0.2) is 30.3 Å². The molecule has 0 aliphatic carbocycles. The molecular weight excluding hydrogens is 214 g/mol. The summed E-state index contributed by atoms with van der Waals surface area (Å²) < 4.78 is 5.28. The topological polar surface area (TPSA) is 52.3 Å². The lowest BCUT2D eigenvalue weighted by molar-refractivity contribution is -0.156. The molecule has 0 amide bonds. The van der Waals surface area contributed by atoms with Crippen LogP contribution in [0, 0.1) is 0 Å². The Morgan fingerprint density at radius 3 is 2.24 bits per heavy atom. The van der Waals surface area contributed by atoms with Crippen molar-refractivity contribution in [2.45, 2.75) is 45.3 Å². The fourth-order valence-electron chi connectivity index (χ4n) is 1.54. The first-order valence-corrected chi connectivity index (χ1v) is 5.84. The molecule has 2 atom stereocenters. The van der Waals surface area contributed by atoms with Crippen LogP contribution < -0.4 is 5.73 Å². The molecule has 3 heteroatoms. The van der Waals surface area contributed by atoms with Crippen LogP contribution in [-0.4, -0.2) is 17.6 Å². The van der Waals surface area contributed by atoms with Gasteiger partial charge in [-0.05, 0) is 26.3 Å². The summed E-state index contributed by atoms with van der Waals surface area (Å²) in [5.74, 6) is -0.403. The first kappa shape index (κ1) is 13.7. The zero-order valence-corrected chi connectivity index (χ0v) is 10.9. The summed E-state index contributed by atoms with van der Waals surface area (Å²) in [5, 5.41) is 0. The van der Waals surface area contributed by atoms with E-state index in [1.165, 1.54) is 0 Å². The lowest BCUT2D eigenvalue weighted by atomic mass is 9.94. The zero-order valence-electron chi connectivity index (χ0n) is 10.9. The van der Waals surface area contributed by atoms with Crippen LogP contribution in [0.25, 0.3) is 0 Å². The van der Waals surface area contributed by atoms with Crippen LogP contribution in [-0.2, 0) is 9.53 Å². The van der Waals surface area contributed by atoms with Crippen LogP contribution in [0.2, 0.25) is 0 Å². The highest BCUT2D eigenvalue weighted by Gasteiger charge is 2.27. The minimum Gasteiger partial charge on any atom is -0.459 e. The average Bonchev–Trinajstić information content (AvgIpc) is 2.26. The molecule has 17 heavy (non-hydrogen) atoms. The molecule has 0 spiro atoms. The van der Waals surface area contributed by atoms with E-state index in [0.717, 1.165) is 5.56 Å². The molecule has 0 aliphatic heterocycles. The summed E-state index contributed by atoms with van der Waals surface area (Å²) in [7, 11) is 0. The van der Waals surface area contributed by atoms with Gasteiger partial charge >= 0.3 is 5.97 Å². The lowest BCUT2D eigenvalue weighted by Crippen LogP contribution is -2.40. The van der Waals surface area contributed by atoms with Crippen molar-refractivity contribution in [1.29, 1.82) is 0 Å². The van der Waals surface area contributed by atoms with Crippen molar-refractivity contribution in [3.8, 4) is 0 Å². The maximum atomic E-state index is 11.8. The third-order valence-corrected chi connectivity index (χ3v) is 2.54. The van der Waals surface area contributed by atoms with E-state index in [2.05, 4.69) is 0 Å². The number of benzene rings is 1. The third kappa shape index (κ3) is 4.19. The highest BCUT2D eigenvalue weighted by atomic mass is 16.6. The van der Waals surface area contributed by atoms with Gasteiger partial charge < -0.3 is 10.5 Å². The third-order valence-electron chi connectivity index (χ3n) is 2.54. The summed E-state index contributed by atoms with van der Waals surface area (Å²) in [6, 6.07) is 9.12. The van der Waals surface area contributed by atoms with E-state index in [4.69, 9.17) is 10.5 Å². The molecule has 94 valence electrons. The predicted molar refractivity (Wildman–Crippen MR) is 68.7 cm³/mol. The van der Waals surface area contributed by atoms with Crippen LogP contribution in [0.5, 0.6) is 0 Å². The van der Waals surface area contributed by atoms with Gasteiger partial charge in [0, 0.05) is 5.92 Å². The summed E-state index contributed by atoms with van der Waals surface area (Å²) in [6.45, 7) is 7.45. The van der Waals surface area contributed by atoms with Crippen molar-refractivity contribution in [3.63, 3.8) is 0 Å². The SMILES string of the molecule is CC(c1ccccc1)C(N)C(=O)OC(C)(C)C. The highest BCUT2D eigenvalue weighted by molar-refractivity contribution is 5.77. The van der Waals surface area contributed by atoms with Crippen molar-refractivity contribution in [1.82, 2.24) is 0 Å². The second kappa shape index (κ2) is 5.32. The van der Waals surface area contributed by atoms with Gasteiger partial charge in [0.15, 0.2) is 0 Å². The molecule has 1 aromatic rings. The fraction of sp³-hybridized carbons (Fsp3) is 0.500. The first-order chi connectivity index (χ1) is 7.81. The minimum absolute atomic E-state index is 0.0500. The van der Waals surface area contributed by atoms with Gasteiger partial charge in [-0.3, -0.25) is 4.79 Å². The number of carbonyl (C=O) groups excluding carboxylic acids is 1. The molecule has 1 aromatic carbocycles.